The second-order valence-corrected chi connectivity index (χ2v) is 6.15. The molecule has 0 atom stereocenters. The van der Waals surface area contributed by atoms with Crippen LogP contribution < -0.4 is 4.74 Å². The van der Waals surface area contributed by atoms with E-state index in [1.807, 2.05) is 12.1 Å². The highest BCUT2D eigenvalue weighted by atomic mass is 19.1. The second kappa shape index (κ2) is 8.23. The van der Waals surface area contributed by atoms with E-state index in [1.54, 1.807) is 23.7 Å². The Hall–Kier alpha value is -2.54. The minimum Gasteiger partial charge on any atom is -0.477 e. The number of aryl methyl sites for hydroxylation is 1. The highest BCUT2D eigenvalue weighted by molar-refractivity contribution is 5.62. The van der Waals surface area contributed by atoms with Crippen LogP contribution in [-0.2, 0) is 0 Å². The molecular formula is C19H24FN5O. The molecule has 138 valence electrons. The smallest absolute Gasteiger partial charge is 0.231 e. The Labute approximate surface area is 152 Å². The maximum atomic E-state index is 13.4. The molecule has 0 aliphatic heterocycles. The molecule has 0 N–H and O–H groups in total. The Morgan fingerprint density at radius 2 is 1.96 bits per heavy atom. The zero-order chi connectivity index (χ0) is 18.5. The Balaban J connectivity index is 1.74. The van der Waals surface area contributed by atoms with Gasteiger partial charge in [0.05, 0.1) is 18.5 Å². The molecule has 3 aromatic rings. The maximum Gasteiger partial charge on any atom is 0.231 e. The first kappa shape index (κ1) is 18.3. The van der Waals surface area contributed by atoms with Gasteiger partial charge in [-0.1, -0.05) is 13.8 Å². The van der Waals surface area contributed by atoms with E-state index in [9.17, 15) is 4.39 Å². The van der Waals surface area contributed by atoms with Gasteiger partial charge in [-0.3, -0.25) is 0 Å². The van der Waals surface area contributed by atoms with Gasteiger partial charge in [0.25, 0.3) is 0 Å². The normalized spacial score (nSPS) is 11.4. The lowest BCUT2D eigenvalue weighted by molar-refractivity contribution is 0.242. The van der Waals surface area contributed by atoms with Crippen molar-refractivity contribution >= 4 is 5.65 Å². The molecule has 0 amide bonds. The third-order valence-electron chi connectivity index (χ3n) is 4.41. The summed E-state index contributed by atoms with van der Waals surface area (Å²) >= 11 is 0. The minimum atomic E-state index is -0.465. The molecule has 0 aliphatic carbocycles. The van der Waals surface area contributed by atoms with Crippen LogP contribution in [0, 0.1) is 12.9 Å². The van der Waals surface area contributed by atoms with E-state index in [0.717, 1.165) is 37.3 Å². The van der Waals surface area contributed by atoms with E-state index in [-0.39, 0.29) is 0 Å². The summed E-state index contributed by atoms with van der Waals surface area (Å²) in [4.78, 5) is 10.5. The molecule has 0 unspecified atom stereocenters. The van der Waals surface area contributed by atoms with Crippen molar-refractivity contribution in [2.75, 3.05) is 26.2 Å². The lowest BCUT2D eigenvalue weighted by atomic mass is 10.2. The minimum absolute atomic E-state index is 0.465. The van der Waals surface area contributed by atoms with Crippen LogP contribution in [0.4, 0.5) is 4.39 Å². The summed E-state index contributed by atoms with van der Waals surface area (Å²) < 4.78 is 20.9. The van der Waals surface area contributed by atoms with Crippen LogP contribution in [0.5, 0.6) is 5.88 Å². The van der Waals surface area contributed by atoms with Crippen molar-refractivity contribution in [3.8, 4) is 17.1 Å². The number of nitrogens with zero attached hydrogens (tertiary/aromatic N) is 5. The van der Waals surface area contributed by atoms with Crippen molar-refractivity contribution < 1.29 is 9.13 Å². The number of pyridine rings is 1. The molecule has 0 saturated heterocycles. The van der Waals surface area contributed by atoms with Gasteiger partial charge in [-0.05, 0) is 38.6 Å². The van der Waals surface area contributed by atoms with Gasteiger partial charge in [-0.25, -0.2) is 14.5 Å². The van der Waals surface area contributed by atoms with Gasteiger partial charge < -0.3 is 9.64 Å². The van der Waals surface area contributed by atoms with Crippen LogP contribution in [0.15, 0.2) is 30.6 Å². The summed E-state index contributed by atoms with van der Waals surface area (Å²) in [5.41, 5.74) is 2.71. The molecule has 0 spiro atoms. The van der Waals surface area contributed by atoms with Gasteiger partial charge in [0, 0.05) is 29.9 Å². The molecule has 3 rings (SSSR count). The number of fused-ring (bicyclic) bond motifs is 1. The van der Waals surface area contributed by atoms with Gasteiger partial charge in [0.2, 0.25) is 11.8 Å². The van der Waals surface area contributed by atoms with Crippen molar-refractivity contribution in [3.05, 3.63) is 42.1 Å². The number of aromatic nitrogens is 4. The first-order valence-electron chi connectivity index (χ1n) is 8.94. The van der Waals surface area contributed by atoms with Gasteiger partial charge in [-0.2, -0.15) is 4.39 Å². The second-order valence-electron chi connectivity index (χ2n) is 6.15. The lowest BCUT2D eigenvalue weighted by Crippen LogP contribution is -2.25. The third kappa shape index (κ3) is 3.99. The van der Waals surface area contributed by atoms with E-state index in [4.69, 9.17) is 4.74 Å². The average Bonchev–Trinajstić information content (AvgIpc) is 3.07. The Bertz CT molecular complexity index is 875. The molecule has 0 radical (unpaired) electrons. The zero-order valence-corrected chi connectivity index (χ0v) is 15.4. The van der Waals surface area contributed by atoms with Crippen LogP contribution in [0.2, 0.25) is 0 Å². The summed E-state index contributed by atoms with van der Waals surface area (Å²) in [5, 5.41) is 4.52. The number of ether oxygens (including phenoxy) is 1. The number of imidazole rings is 1. The van der Waals surface area contributed by atoms with Gasteiger partial charge in [0.15, 0.2) is 5.65 Å². The topological polar surface area (TPSA) is 55.5 Å². The fourth-order valence-electron chi connectivity index (χ4n) is 2.83. The van der Waals surface area contributed by atoms with Crippen LogP contribution in [-0.4, -0.2) is 50.7 Å². The number of rotatable bonds is 8. The summed E-state index contributed by atoms with van der Waals surface area (Å²) in [7, 11) is 0. The number of hydrogen-bond donors (Lipinski definition) is 0. The molecule has 7 heteroatoms. The molecule has 0 saturated carbocycles. The number of halogens is 1. The zero-order valence-electron chi connectivity index (χ0n) is 15.4. The summed E-state index contributed by atoms with van der Waals surface area (Å²) in [5.74, 6) is 0.0795. The van der Waals surface area contributed by atoms with Crippen molar-refractivity contribution in [1.29, 1.82) is 0 Å². The standard InChI is InChI=1S/C19H24FN5O/c1-4-24(5-2)9-6-10-26-18-8-7-17-21-13-16(25(17)23-18)15-11-14(3)19(20)22-12-15/h7-8,11-13H,4-6,9-10H2,1-3H3. The Kier molecular flexibility index (Phi) is 5.78. The summed E-state index contributed by atoms with van der Waals surface area (Å²) in [6.45, 7) is 9.71. The van der Waals surface area contributed by atoms with E-state index < -0.39 is 5.95 Å². The SMILES string of the molecule is CCN(CC)CCCOc1ccc2ncc(-c3cnc(F)c(C)c3)n2n1. The highest BCUT2D eigenvalue weighted by Crippen LogP contribution is 2.22. The average molecular weight is 357 g/mol. The largest absolute Gasteiger partial charge is 0.477 e. The van der Waals surface area contributed by atoms with Crippen LogP contribution in [0.1, 0.15) is 25.8 Å². The van der Waals surface area contributed by atoms with E-state index in [2.05, 4.69) is 33.8 Å². The molecule has 3 heterocycles. The van der Waals surface area contributed by atoms with E-state index in [0.29, 0.717) is 23.7 Å². The van der Waals surface area contributed by atoms with Gasteiger partial charge in [-0.15, -0.1) is 5.10 Å². The van der Waals surface area contributed by atoms with Crippen molar-refractivity contribution in [2.45, 2.75) is 27.2 Å². The van der Waals surface area contributed by atoms with E-state index >= 15 is 0 Å². The third-order valence-corrected chi connectivity index (χ3v) is 4.41. The predicted octanol–water partition coefficient (Wildman–Crippen LogP) is 3.35. The van der Waals surface area contributed by atoms with Crippen LogP contribution >= 0.6 is 0 Å². The molecular weight excluding hydrogens is 333 g/mol. The van der Waals surface area contributed by atoms with Crippen molar-refractivity contribution in [2.24, 2.45) is 0 Å². The lowest BCUT2D eigenvalue weighted by Gasteiger charge is -2.17. The molecule has 6 nitrogen and oxygen atoms in total. The van der Waals surface area contributed by atoms with Crippen molar-refractivity contribution in [1.82, 2.24) is 24.5 Å². The molecule has 0 aromatic carbocycles. The molecule has 3 aromatic heterocycles. The van der Waals surface area contributed by atoms with E-state index in [1.165, 1.54) is 6.20 Å². The quantitative estimate of drug-likeness (QED) is 0.457. The van der Waals surface area contributed by atoms with Crippen LogP contribution in [0.25, 0.3) is 16.9 Å². The fraction of sp³-hybridized carbons (Fsp3) is 0.421. The Morgan fingerprint density at radius 3 is 2.69 bits per heavy atom. The highest BCUT2D eigenvalue weighted by Gasteiger charge is 2.11. The van der Waals surface area contributed by atoms with Crippen molar-refractivity contribution in [3.63, 3.8) is 0 Å². The van der Waals surface area contributed by atoms with Gasteiger partial charge in [0.1, 0.15) is 0 Å². The monoisotopic (exact) mass is 357 g/mol. The summed E-state index contributed by atoms with van der Waals surface area (Å²) in [6, 6.07) is 5.42. The summed E-state index contributed by atoms with van der Waals surface area (Å²) in [6.07, 6.45) is 4.14. The molecule has 0 fully saturated rings. The van der Waals surface area contributed by atoms with Crippen LogP contribution in [0.3, 0.4) is 0 Å². The molecule has 0 aliphatic rings. The molecule has 0 bridgehead atoms. The first-order chi connectivity index (χ1) is 12.6. The molecule has 26 heavy (non-hydrogen) atoms. The Morgan fingerprint density at radius 1 is 1.15 bits per heavy atom. The predicted molar refractivity (Wildman–Crippen MR) is 98.8 cm³/mol. The van der Waals surface area contributed by atoms with Gasteiger partial charge >= 0.3 is 0 Å². The fourth-order valence-corrected chi connectivity index (χ4v) is 2.83. The number of hydrogen-bond acceptors (Lipinski definition) is 5. The first-order valence-corrected chi connectivity index (χ1v) is 8.94. The maximum absolute atomic E-state index is 13.4.